The summed E-state index contributed by atoms with van der Waals surface area (Å²) < 4.78 is 18.5. The Morgan fingerprint density at radius 2 is 0.578 bits per heavy atom. The molecule has 8 heteroatoms. The summed E-state index contributed by atoms with van der Waals surface area (Å²) in [5.41, 5.74) is 20.7. The molecule has 3 aliphatic rings. The highest BCUT2D eigenvalue weighted by molar-refractivity contribution is 7.16. The quantitative estimate of drug-likeness (QED) is 0.176. The Balaban J connectivity index is 0.962. The lowest BCUT2D eigenvalue weighted by Gasteiger charge is -2.53. The fraction of sp³-hybridized carbons (Fsp3) is 0.0244. The molecule has 0 unspecified atom stereocenters. The third-order valence-corrected chi connectivity index (χ3v) is 22.4. The van der Waals surface area contributed by atoms with Gasteiger partial charge in [-0.3, -0.25) is 0 Å². The molecule has 12 aromatic carbocycles. The number of benzene rings is 12. The number of furan rings is 2. The van der Waals surface area contributed by atoms with Gasteiger partial charge in [-0.05, 0) is 143 Å². The minimum atomic E-state index is -0.869. The molecule has 0 N–H and O–H groups in total. The van der Waals surface area contributed by atoms with Crippen molar-refractivity contribution in [1.29, 1.82) is 0 Å². The van der Waals surface area contributed by atoms with E-state index < -0.39 is 10.8 Å². The first kappa shape index (κ1) is 48.9. The first-order valence-corrected chi connectivity index (χ1v) is 32.4. The Morgan fingerprint density at radius 3 is 0.978 bits per heavy atom. The van der Waals surface area contributed by atoms with Gasteiger partial charge in [-0.1, -0.05) is 182 Å². The number of nitrogens with zero attached hydrogens (tertiary/aromatic N) is 4. The van der Waals surface area contributed by atoms with Crippen molar-refractivity contribution in [2.24, 2.45) is 0 Å². The fourth-order valence-corrected chi connectivity index (χ4v) is 19.4. The molecule has 1 aliphatic carbocycles. The Bertz CT molecular complexity index is 5580. The van der Waals surface area contributed by atoms with Crippen molar-refractivity contribution in [2.75, 3.05) is 9.80 Å². The van der Waals surface area contributed by atoms with Crippen LogP contribution in [-0.4, -0.2) is 9.13 Å². The fourth-order valence-electron chi connectivity index (χ4n) is 16.5. The minimum Gasteiger partial charge on any atom is -0.456 e. The van der Waals surface area contributed by atoms with E-state index in [1.165, 1.54) is 53.9 Å². The molecule has 6 aromatic heterocycles. The van der Waals surface area contributed by atoms with Crippen molar-refractivity contribution in [2.45, 2.75) is 10.8 Å². The van der Waals surface area contributed by atoms with Gasteiger partial charge in [0, 0.05) is 64.2 Å². The lowest BCUT2D eigenvalue weighted by atomic mass is 9.53. The summed E-state index contributed by atoms with van der Waals surface area (Å²) in [6, 6.07) is 108. The number of hydrogen-bond donors (Lipinski definition) is 0. The highest BCUT2D eigenvalue weighted by Gasteiger charge is 2.61. The average molecular weight is 1190 g/mol. The van der Waals surface area contributed by atoms with Crippen molar-refractivity contribution in [3.05, 3.63) is 334 Å². The molecule has 0 saturated heterocycles. The summed E-state index contributed by atoms with van der Waals surface area (Å²) in [6.07, 6.45) is 0. The first-order valence-electron chi connectivity index (χ1n) is 30.7. The third-order valence-electron chi connectivity index (χ3n) is 19.9. The second-order valence-electron chi connectivity index (χ2n) is 24.2. The average Bonchev–Trinajstić information content (AvgIpc) is 1.24. The molecule has 0 amide bonds. The molecule has 0 bridgehead atoms. The Morgan fingerprint density at radius 1 is 0.244 bits per heavy atom. The van der Waals surface area contributed by atoms with Gasteiger partial charge in [0.1, 0.15) is 32.3 Å². The molecule has 0 atom stereocenters. The van der Waals surface area contributed by atoms with Crippen LogP contribution in [0.3, 0.4) is 0 Å². The van der Waals surface area contributed by atoms with Crippen molar-refractivity contribution >= 4 is 144 Å². The lowest BCUT2D eigenvalue weighted by Crippen LogP contribution is -2.47. The van der Waals surface area contributed by atoms with E-state index in [0.29, 0.717) is 0 Å². The number of hydrogen-bond acceptors (Lipinski definition) is 6. The van der Waals surface area contributed by atoms with Crippen molar-refractivity contribution in [3.63, 3.8) is 0 Å². The summed E-state index contributed by atoms with van der Waals surface area (Å²) in [6.45, 7) is 0. The van der Waals surface area contributed by atoms with E-state index in [4.69, 9.17) is 8.83 Å². The van der Waals surface area contributed by atoms with Crippen LogP contribution in [0.15, 0.2) is 300 Å². The lowest BCUT2D eigenvalue weighted by molar-refractivity contribution is 0.633. The summed E-state index contributed by atoms with van der Waals surface area (Å²) >= 11 is 3.90. The molecule has 0 saturated carbocycles. The van der Waals surface area contributed by atoms with Crippen LogP contribution in [0.1, 0.15) is 43.1 Å². The van der Waals surface area contributed by atoms with E-state index in [9.17, 15) is 0 Å². The largest absolute Gasteiger partial charge is 0.456 e. The number of fused-ring (bicyclic) bond motifs is 26. The van der Waals surface area contributed by atoms with Gasteiger partial charge >= 0.3 is 0 Å². The van der Waals surface area contributed by atoms with Crippen molar-refractivity contribution in [3.8, 4) is 10.0 Å². The highest BCUT2D eigenvalue weighted by Crippen LogP contribution is 2.71. The van der Waals surface area contributed by atoms with Crippen LogP contribution in [0.4, 0.5) is 34.1 Å². The van der Waals surface area contributed by atoms with Crippen LogP contribution in [0.5, 0.6) is 0 Å². The van der Waals surface area contributed by atoms with Crippen LogP contribution in [0, 0.1) is 0 Å². The molecular formula is C82H48N4O2S2. The van der Waals surface area contributed by atoms with E-state index >= 15 is 0 Å². The monoisotopic (exact) mass is 1180 g/mol. The smallest absolute Gasteiger partial charge is 0.136 e. The summed E-state index contributed by atoms with van der Waals surface area (Å²) in [5, 5.41) is 11.4. The maximum atomic E-state index is 6.68. The van der Waals surface area contributed by atoms with E-state index in [1.807, 2.05) is 22.7 Å². The second kappa shape index (κ2) is 17.8. The standard InChI is InChI=1S/C82H48N4O2S2/c1-3-23-49(24-4-1)83-67-37-17-11-31-59(67)81(60-32-12-18-38-68(60)83)63-47-77(85-65-35-15-7-27-51(65)55-45-75-57(43-71(55)85)53-29-9-21-41-73(53)87-75)90-80(63)82(61-33-13-19-39-69(61)84(50-25-5-2-6-26-50)70-40-20-14-34-62(70)82)64-48-78(89-79(64)81)86-66-36-16-8-28-52(66)56-46-76-58(44-72(56)86)54-30-10-22-42-74(54)88-76/h1-48H. The van der Waals surface area contributed by atoms with Crippen LogP contribution in [0.25, 0.3) is 97.5 Å². The molecule has 0 fully saturated rings. The van der Waals surface area contributed by atoms with Crippen LogP contribution in [-0.2, 0) is 10.8 Å². The van der Waals surface area contributed by atoms with E-state index in [0.717, 1.165) is 121 Å². The molecule has 21 rings (SSSR count). The van der Waals surface area contributed by atoms with Gasteiger partial charge < -0.3 is 27.8 Å². The van der Waals surface area contributed by atoms with Gasteiger partial charge in [0.2, 0.25) is 0 Å². The molecule has 90 heavy (non-hydrogen) atoms. The van der Waals surface area contributed by atoms with Gasteiger partial charge in [0.25, 0.3) is 0 Å². The van der Waals surface area contributed by atoms with Gasteiger partial charge in [0.05, 0.1) is 55.6 Å². The van der Waals surface area contributed by atoms with Gasteiger partial charge in [-0.2, -0.15) is 0 Å². The number of anilines is 6. The Hall–Kier alpha value is -11.2. The van der Waals surface area contributed by atoms with Crippen molar-refractivity contribution in [1.82, 2.24) is 9.13 Å². The molecule has 0 radical (unpaired) electrons. The Labute approximate surface area is 523 Å². The van der Waals surface area contributed by atoms with Crippen LogP contribution in [0.2, 0.25) is 0 Å². The molecule has 8 heterocycles. The highest BCUT2D eigenvalue weighted by atomic mass is 32.1. The summed E-state index contributed by atoms with van der Waals surface area (Å²) in [7, 11) is 0. The third kappa shape index (κ3) is 6.11. The maximum absolute atomic E-state index is 6.68. The summed E-state index contributed by atoms with van der Waals surface area (Å²) in [5.74, 6) is 0. The van der Waals surface area contributed by atoms with E-state index in [-0.39, 0.29) is 0 Å². The molecule has 2 aliphatic heterocycles. The molecule has 420 valence electrons. The predicted octanol–water partition coefficient (Wildman–Crippen LogP) is 22.4. The first-order chi connectivity index (χ1) is 44.6. The minimum absolute atomic E-state index is 0.869. The zero-order valence-corrected chi connectivity index (χ0v) is 49.8. The number of thiophene rings is 2. The predicted molar refractivity (Wildman–Crippen MR) is 372 cm³/mol. The van der Waals surface area contributed by atoms with E-state index in [2.05, 4.69) is 310 Å². The Kier molecular flexibility index (Phi) is 9.65. The van der Waals surface area contributed by atoms with E-state index in [1.54, 1.807) is 0 Å². The number of para-hydroxylation sites is 10. The van der Waals surface area contributed by atoms with Gasteiger partial charge in [-0.15, -0.1) is 22.7 Å². The SMILES string of the molecule is c1ccc(N2c3ccccc3C3(c4ccccc42)c2cc(-n4c5ccccc5c5cc6oc7ccccc7c6cc54)sc2C2(c4ccccc4N(c4ccccc4)c4ccccc42)c2cc(-n4c5ccccc5c5cc6oc7ccccc7c6cc54)sc23)cc1. The summed E-state index contributed by atoms with van der Waals surface area (Å²) in [4.78, 5) is 7.58. The maximum Gasteiger partial charge on any atom is 0.136 e. The molecule has 18 aromatic rings. The topological polar surface area (TPSA) is 42.6 Å². The second-order valence-corrected chi connectivity index (χ2v) is 26.3. The molecule has 2 spiro atoms. The van der Waals surface area contributed by atoms with Gasteiger partial charge in [0.15, 0.2) is 0 Å². The molecular weight excluding hydrogens is 1140 g/mol. The normalized spacial score (nSPS) is 14.4. The van der Waals surface area contributed by atoms with Crippen LogP contribution < -0.4 is 9.80 Å². The van der Waals surface area contributed by atoms with Crippen molar-refractivity contribution < 1.29 is 8.83 Å². The zero-order chi connectivity index (χ0) is 58.6. The zero-order valence-electron chi connectivity index (χ0n) is 48.1. The van der Waals surface area contributed by atoms with Crippen LogP contribution >= 0.6 is 22.7 Å². The number of aromatic nitrogens is 2. The molecule has 6 nitrogen and oxygen atoms in total. The van der Waals surface area contributed by atoms with Gasteiger partial charge in [-0.25, -0.2) is 0 Å². The number of rotatable bonds is 4.